The van der Waals surface area contributed by atoms with E-state index in [4.69, 9.17) is 0 Å². The molecule has 0 atom stereocenters. The van der Waals surface area contributed by atoms with E-state index in [-0.39, 0.29) is 24.1 Å². The van der Waals surface area contributed by atoms with Gasteiger partial charge in [-0.25, -0.2) is 0 Å². The number of halogens is 1. The van der Waals surface area contributed by atoms with Crippen molar-refractivity contribution in [2.24, 2.45) is 5.92 Å². The fraction of sp³-hybridized carbons (Fsp3) is 0.647. The maximum absolute atomic E-state index is 12.2. The summed E-state index contributed by atoms with van der Waals surface area (Å²) >= 11 is 1.64. The number of amides is 1. The van der Waals surface area contributed by atoms with Gasteiger partial charge in [-0.1, -0.05) is 0 Å². The maximum Gasteiger partial charge on any atom is 0.223 e. The number of ketones is 1. The zero-order chi connectivity index (χ0) is 16.1. The third-order valence-corrected chi connectivity index (χ3v) is 5.33. The van der Waals surface area contributed by atoms with Gasteiger partial charge >= 0.3 is 0 Å². The normalized spacial score (nSPS) is 15.3. The summed E-state index contributed by atoms with van der Waals surface area (Å²) in [6.45, 7) is 6.66. The summed E-state index contributed by atoms with van der Waals surface area (Å²) in [5, 5.41) is 3.20. The Hall–Kier alpha value is -0.910. The van der Waals surface area contributed by atoms with E-state index in [1.54, 1.807) is 11.3 Å². The highest BCUT2D eigenvalue weighted by Crippen LogP contribution is 2.23. The van der Waals surface area contributed by atoms with Gasteiger partial charge in [0.15, 0.2) is 5.78 Å². The van der Waals surface area contributed by atoms with Crippen LogP contribution < -0.4 is 5.32 Å². The Morgan fingerprint density at radius 1 is 1.26 bits per heavy atom. The Morgan fingerprint density at radius 3 is 2.43 bits per heavy atom. The van der Waals surface area contributed by atoms with Crippen molar-refractivity contribution >= 4 is 35.4 Å². The fourth-order valence-corrected chi connectivity index (χ4v) is 4.04. The highest BCUT2D eigenvalue weighted by molar-refractivity contribution is 7.12. The van der Waals surface area contributed by atoms with Crippen molar-refractivity contribution in [2.45, 2.75) is 39.5 Å². The largest absolute Gasteiger partial charge is 0.343 e. The molecule has 0 aromatic carbocycles. The Kier molecular flexibility index (Phi) is 8.23. The van der Waals surface area contributed by atoms with Crippen LogP contribution in [-0.4, -0.2) is 43.3 Å². The van der Waals surface area contributed by atoms with Crippen LogP contribution in [-0.2, 0) is 4.79 Å². The number of hydrogen-bond donors (Lipinski definition) is 1. The van der Waals surface area contributed by atoms with Crippen molar-refractivity contribution in [1.82, 2.24) is 10.2 Å². The molecule has 0 saturated carbocycles. The van der Waals surface area contributed by atoms with Crippen molar-refractivity contribution in [1.29, 1.82) is 0 Å². The molecule has 1 aliphatic heterocycles. The number of likely N-dealkylation sites (tertiary alicyclic amines) is 1. The second-order valence-electron chi connectivity index (χ2n) is 6.13. The maximum atomic E-state index is 12.2. The first kappa shape index (κ1) is 20.1. The van der Waals surface area contributed by atoms with Crippen molar-refractivity contribution < 1.29 is 9.59 Å². The smallest absolute Gasteiger partial charge is 0.223 e. The first-order valence-electron chi connectivity index (χ1n) is 8.04. The lowest BCUT2D eigenvalue weighted by atomic mass is 9.96. The molecule has 130 valence electrons. The predicted octanol–water partition coefficient (Wildman–Crippen LogP) is 3.21. The van der Waals surface area contributed by atoms with Crippen LogP contribution in [0.25, 0.3) is 0 Å². The Balaban J connectivity index is 0.00000264. The lowest BCUT2D eigenvalue weighted by molar-refractivity contribution is -0.132. The van der Waals surface area contributed by atoms with E-state index in [9.17, 15) is 9.59 Å². The molecule has 0 unspecified atom stereocenters. The third-order valence-electron chi connectivity index (χ3n) is 4.37. The molecule has 1 aromatic rings. The van der Waals surface area contributed by atoms with Gasteiger partial charge < -0.3 is 10.2 Å². The van der Waals surface area contributed by atoms with Gasteiger partial charge in [-0.2, -0.15) is 0 Å². The summed E-state index contributed by atoms with van der Waals surface area (Å²) in [5.41, 5.74) is 0.794. The van der Waals surface area contributed by atoms with Crippen LogP contribution >= 0.6 is 23.7 Å². The van der Waals surface area contributed by atoms with E-state index in [1.807, 2.05) is 31.9 Å². The molecule has 0 bridgehead atoms. The first-order valence-corrected chi connectivity index (χ1v) is 8.85. The number of nitrogens with zero attached hydrogens (tertiary/aromatic N) is 1. The second kappa shape index (κ2) is 9.40. The molecule has 0 radical (unpaired) electrons. The number of carbonyl (C=O) groups excluding carboxylic acids is 2. The summed E-state index contributed by atoms with van der Waals surface area (Å²) in [6.07, 6.45) is 2.78. The zero-order valence-electron chi connectivity index (χ0n) is 14.2. The first-order chi connectivity index (χ1) is 10.5. The van der Waals surface area contributed by atoms with E-state index in [1.165, 1.54) is 0 Å². The fourth-order valence-electron chi connectivity index (χ4n) is 3.10. The molecule has 23 heavy (non-hydrogen) atoms. The molecule has 1 amide bonds. The van der Waals surface area contributed by atoms with Crippen molar-refractivity contribution in [3.63, 3.8) is 0 Å². The van der Waals surface area contributed by atoms with E-state index in [0.29, 0.717) is 18.8 Å². The van der Waals surface area contributed by atoms with Crippen LogP contribution in [0.3, 0.4) is 0 Å². The molecule has 6 heteroatoms. The van der Waals surface area contributed by atoms with Crippen LogP contribution in [0.2, 0.25) is 0 Å². The molecule has 1 aliphatic rings. The van der Waals surface area contributed by atoms with E-state index < -0.39 is 0 Å². The average Bonchev–Trinajstić information content (AvgIpc) is 2.84. The molecule has 1 saturated heterocycles. The second-order valence-corrected chi connectivity index (χ2v) is 7.59. The molecule has 1 aromatic heterocycles. The highest BCUT2D eigenvalue weighted by Gasteiger charge is 2.23. The number of Topliss-reactive ketones (excluding diaryl/α,β-unsaturated/α-hetero) is 1. The Labute approximate surface area is 149 Å². The molecular weight excluding hydrogens is 332 g/mol. The number of piperidine rings is 1. The standard InChI is InChI=1S/C17H26N2O2S.ClH/c1-12-10-15(13(2)22-12)16(20)4-5-17(21)19-8-6-14(7-9-19)11-18-3;/h10,14,18H,4-9,11H2,1-3H3;1H. The summed E-state index contributed by atoms with van der Waals surface area (Å²) in [5.74, 6) is 0.897. The van der Waals surface area contributed by atoms with Crippen LogP contribution in [0.15, 0.2) is 6.07 Å². The predicted molar refractivity (Wildman–Crippen MR) is 97.8 cm³/mol. The number of hydrogen-bond acceptors (Lipinski definition) is 4. The van der Waals surface area contributed by atoms with Crippen LogP contribution in [0.4, 0.5) is 0 Å². The van der Waals surface area contributed by atoms with Gasteiger partial charge in [-0.15, -0.1) is 23.7 Å². The minimum atomic E-state index is 0. The Morgan fingerprint density at radius 2 is 1.91 bits per heavy atom. The lowest BCUT2D eigenvalue weighted by Crippen LogP contribution is -2.40. The van der Waals surface area contributed by atoms with Gasteiger partial charge in [-0.05, 0) is 52.3 Å². The van der Waals surface area contributed by atoms with Gasteiger partial charge in [0.1, 0.15) is 0 Å². The van der Waals surface area contributed by atoms with Crippen molar-refractivity contribution in [2.75, 3.05) is 26.7 Å². The summed E-state index contributed by atoms with van der Waals surface area (Å²) in [7, 11) is 1.97. The molecule has 0 spiro atoms. The zero-order valence-corrected chi connectivity index (χ0v) is 15.8. The number of carbonyl (C=O) groups is 2. The molecule has 2 heterocycles. The van der Waals surface area contributed by atoms with Gasteiger partial charge in [-0.3, -0.25) is 9.59 Å². The molecule has 2 rings (SSSR count). The monoisotopic (exact) mass is 358 g/mol. The van der Waals surface area contributed by atoms with Crippen LogP contribution in [0.1, 0.15) is 45.8 Å². The van der Waals surface area contributed by atoms with Gasteiger partial charge in [0.05, 0.1) is 0 Å². The topological polar surface area (TPSA) is 49.4 Å². The Bertz CT molecular complexity index is 537. The summed E-state index contributed by atoms with van der Waals surface area (Å²) < 4.78 is 0. The lowest BCUT2D eigenvalue weighted by Gasteiger charge is -2.32. The summed E-state index contributed by atoms with van der Waals surface area (Å²) in [4.78, 5) is 28.6. The van der Waals surface area contributed by atoms with E-state index in [2.05, 4.69) is 5.32 Å². The molecular formula is C17H27ClN2O2S. The average molecular weight is 359 g/mol. The molecule has 1 fully saturated rings. The van der Waals surface area contributed by atoms with Gasteiger partial charge in [0.2, 0.25) is 5.91 Å². The molecule has 1 N–H and O–H groups in total. The third kappa shape index (κ3) is 5.59. The minimum Gasteiger partial charge on any atom is -0.343 e. The van der Waals surface area contributed by atoms with Crippen molar-refractivity contribution in [3.8, 4) is 0 Å². The number of rotatable bonds is 6. The SMILES string of the molecule is CNCC1CCN(C(=O)CCC(=O)c2cc(C)sc2C)CC1.Cl. The molecule has 0 aliphatic carbocycles. The number of thiophene rings is 1. The van der Waals surface area contributed by atoms with Crippen molar-refractivity contribution in [3.05, 3.63) is 21.4 Å². The van der Waals surface area contributed by atoms with E-state index in [0.717, 1.165) is 47.8 Å². The van der Waals surface area contributed by atoms with E-state index >= 15 is 0 Å². The van der Waals surface area contributed by atoms with Crippen LogP contribution in [0.5, 0.6) is 0 Å². The minimum absolute atomic E-state index is 0. The molecule has 4 nitrogen and oxygen atoms in total. The quantitative estimate of drug-likeness (QED) is 0.794. The number of aryl methyl sites for hydroxylation is 2. The number of nitrogens with one attached hydrogen (secondary N) is 1. The van der Waals surface area contributed by atoms with Crippen LogP contribution in [0, 0.1) is 19.8 Å². The highest BCUT2D eigenvalue weighted by atomic mass is 35.5. The van der Waals surface area contributed by atoms with Gasteiger partial charge in [0.25, 0.3) is 0 Å². The summed E-state index contributed by atoms with van der Waals surface area (Å²) in [6, 6.07) is 1.94. The van der Waals surface area contributed by atoms with Gasteiger partial charge in [0, 0.05) is 41.2 Å².